The number of rotatable bonds is 3. The Labute approximate surface area is 148 Å². The van der Waals surface area contributed by atoms with Crippen LogP contribution in [0.4, 0.5) is 0 Å². The normalized spacial score (nSPS) is 41.9. The Hall–Kier alpha value is -0.160. The van der Waals surface area contributed by atoms with Gasteiger partial charge in [0.1, 0.15) is 0 Å². The fraction of sp³-hybridized carbons (Fsp3) is 1.00. The minimum atomic E-state index is -0.266. The molecule has 140 valence electrons. The molecule has 3 atom stereocenters. The summed E-state index contributed by atoms with van der Waals surface area (Å²) in [6.45, 7) is 15.4. The lowest BCUT2D eigenvalue weighted by Crippen LogP contribution is -2.46. The first kappa shape index (κ1) is 18.6. The van der Waals surface area contributed by atoms with Gasteiger partial charge in [-0.25, -0.2) is 0 Å². The predicted octanol–water partition coefficient (Wildman–Crippen LogP) is 3.83. The molecule has 0 aromatic rings. The molecule has 3 fully saturated rings. The zero-order chi connectivity index (χ0) is 17.4. The smallest absolute Gasteiger partial charge is 0.168 e. The largest absolute Gasteiger partial charge is 0.373 e. The van der Waals surface area contributed by atoms with Crippen LogP contribution in [0.1, 0.15) is 66.7 Å². The van der Waals surface area contributed by atoms with Gasteiger partial charge in [-0.2, -0.15) is 0 Å². The van der Waals surface area contributed by atoms with Gasteiger partial charge >= 0.3 is 0 Å². The van der Waals surface area contributed by atoms with Crippen molar-refractivity contribution >= 4 is 0 Å². The van der Waals surface area contributed by atoms with Crippen LogP contribution in [-0.4, -0.2) is 55.2 Å². The van der Waals surface area contributed by atoms with E-state index in [1.54, 1.807) is 0 Å². The molecular weight excluding hydrogens is 302 g/mol. The van der Waals surface area contributed by atoms with E-state index in [1.807, 2.05) is 0 Å². The first-order chi connectivity index (χ1) is 11.3. The fourth-order valence-corrected chi connectivity index (χ4v) is 4.74. The minimum absolute atomic E-state index is 0.266. The Balaban J connectivity index is 1.43. The van der Waals surface area contributed by atoms with Gasteiger partial charge in [-0.15, -0.1) is 0 Å². The van der Waals surface area contributed by atoms with Crippen molar-refractivity contribution in [3.8, 4) is 0 Å². The van der Waals surface area contributed by atoms with E-state index >= 15 is 0 Å². The molecule has 0 aromatic heterocycles. The summed E-state index contributed by atoms with van der Waals surface area (Å²) in [5.41, 5.74) is 0.406. The predicted molar refractivity (Wildman–Crippen MR) is 96.0 cm³/mol. The quantitative estimate of drug-likeness (QED) is 0.782. The molecule has 24 heavy (non-hydrogen) atoms. The molecular formula is C20H37NO3. The highest BCUT2D eigenvalue weighted by Gasteiger charge is 2.45. The molecule has 0 aromatic carbocycles. The third-order valence-corrected chi connectivity index (χ3v) is 6.15. The van der Waals surface area contributed by atoms with E-state index in [0.29, 0.717) is 17.6 Å². The Morgan fingerprint density at radius 1 is 1.04 bits per heavy atom. The lowest BCUT2D eigenvalue weighted by atomic mass is 9.71. The zero-order valence-corrected chi connectivity index (χ0v) is 16.3. The van der Waals surface area contributed by atoms with Gasteiger partial charge in [0.2, 0.25) is 0 Å². The van der Waals surface area contributed by atoms with Crippen LogP contribution in [0.15, 0.2) is 0 Å². The number of ether oxygens (including phenoxy) is 3. The second-order valence-electron chi connectivity index (χ2n) is 9.41. The van der Waals surface area contributed by atoms with Crippen LogP contribution in [-0.2, 0) is 14.2 Å². The Morgan fingerprint density at radius 3 is 2.25 bits per heavy atom. The summed E-state index contributed by atoms with van der Waals surface area (Å²) in [7, 11) is 0. The highest BCUT2D eigenvalue weighted by molar-refractivity contribution is 4.89. The van der Waals surface area contributed by atoms with Gasteiger partial charge in [0.05, 0.1) is 24.9 Å². The van der Waals surface area contributed by atoms with Crippen molar-refractivity contribution in [2.45, 2.75) is 90.8 Å². The summed E-state index contributed by atoms with van der Waals surface area (Å²) in [6.07, 6.45) is 6.62. The molecule has 4 heteroatoms. The van der Waals surface area contributed by atoms with Crippen LogP contribution >= 0.6 is 0 Å². The van der Waals surface area contributed by atoms with Crippen molar-refractivity contribution in [1.29, 1.82) is 0 Å². The summed E-state index contributed by atoms with van der Waals surface area (Å²) in [6, 6.07) is 0. The van der Waals surface area contributed by atoms with Crippen molar-refractivity contribution in [2.24, 2.45) is 11.3 Å². The monoisotopic (exact) mass is 339 g/mol. The van der Waals surface area contributed by atoms with E-state index in [4.69, 9.17) is 14.2 Å². The van der Waals surface area contributed by atoms with Crippen molar-refractivity contribution in [3.05, 3.63) is 0 Å². The van der Waals surface area contributed by atoms with E-state index in [1.165, 1.54) is 12.8 Å². The highest BCUT2D eigenvalue weighted by Crippen LogP contribution is 2.45. The van der Waals surface area contributed by atoms with E-state index in [-0.39, 0.29) is 11.9 Å². The van der Waals surface area contributed by atoms with Crippen LogP contribution < -0.4 is 0 Å². The molecule has 0 N–H and O–H groups in total. The summed E-state index contributed by atoms with van der Waals surface area (Å²) in [5.74, 6) is 0.531. The lowest BCUT2D eigenvalue weighted by molar-refractivity contribution is -0.197. The molecule has 2 aliphatic heterocycles. The van der Waals surface area contributed by atoms with Gasteiger partial charge in [0.25, 0.3) is 0 Å². The molecule has 0 bridgehead atoms. The third kappa shape index (κ3) is 4.51. The Kier molecular flexibility index (Phi) is 5.60. The molecule has 0 radical (unpaired) electrons. The summed E-state index contributed by atoms with van der Waals surface area (Å²) in [5, 5.41) is 0. The second kappa shape index (κ2) is 7.22. The number of hydrogen-bond acceptors (Lipinski definition) is 4. The standard InChI is InChI=1S/C20H37NO3/c1-15-12-21(13-16(2)23-15)11-8-18-14-22-20(24-18)9-6-17(7-10-20)19(3,4)5/h15-18H,6-14H2,1-5H3. The second-order valence-corrected chi connectivity index (χ2v) is 9.41. The fourth-order valence-electron chi connectivity index (χ4n) is 4.74. The zero-order valence-electron chi connectivity index (χ0n) is 16.3. The molecule has 1 spiro atoms. The van der Waals surface area contributed by atoms with Gasteiger partial charge in [-0.1, -0.05) is 20.8 Å². The van der Waals surface area contributed by atoms with Gasteiger partial charge in [-0.3, -0.25) is 4.90 Å². The van der Waals surface area contributed by atoms with Crippen LogP contribution in [0.3, 0.4) is 0 Å². The topological polar surface area (TPSA) is 30.9 Å². The first-order valence-corrected chi connectivity index (χ1v) is 9.95. The molecule has 1 saturated carbocycles. The maximum Gasteiger partial charge on any atom is 0.168 e. The van der Waals surface area contributed by atoms with Gasteiger partial charge in [-0.05, 0) is 44.4 Å². The Morgan fingerprint density at radius 2 is 1.67 bits per heavy atom. The van der Waals surface area contributed by atoms with Crippen LogP contribution in [0.2, 0.25) is 0 Å². The summed E-state index contributed by atoms with van der Waals surface area (Å²) in [4.78, 5) is 2.52. The average molecular weight is 340 g/mol. The van der Waals surface area contributed by atoms with Crippen molar-refractivity contribution in [3.63, 3.8) is 0 Å². The minimum Gasteiger partial charge on any atom is -0.373 e. The Bertz CT molecular complexity index is 402. The maximum atomic E-state index is 6.42. The first-order valence-electron chi connectivity index (χ1n) is 9.95. The molecule has 3 unspecified atom stereocenters. The van der Waals surface area contributed by atoms with Crippen LogP contribution in [0.25, 0.3) is 0 Å². The SMILES string of the molecule is CC1CN(CCC2COC3(CCC(C(C)(C)C)CC3)O2)CC(C)O1. The van der Waals surface area contributed by atoms with Crippen molar-refractivity contribution in [2.75, 3.05) is 26.2 Å². The van der Waals surface area contributed by atoms with Gasteiger partial charge in [0, 0.05) is 32.5 Å². The molecule has 2 heterocycles. The lowest BCUT2D eigenvalue weighted by Gasteiger charge is -2.41. The average Bonchev–Trinajstić information content (AvgIpc) is 2.87. The van der Waals surface area contributed by atoms with E-state index in [0.717, 1.165) is 51.4 Å². The maximum absolute atomic E-state index is 6.42. The number of morpholine rings is 1. The molecule has 0 amide bonds. The molecule has 3 aliphatic rings. The van der Waals surface area contributed by atoms with Gasteiger partial charge in [0.15, 0.2) is 5.79 Å². The van der Waals surface area contributed by atoms with Crippen molar-refractivity contribution in [1.82, 2.24) is 4.90 Å². The number of hydrogen-bond donors (Lipinski definition) is 0. The van der Waals surface area contributed by atoms with E-state index in [2.05, 4.69) is 39.5 Å². The van der Waals surface area contributed by atoms with Crippen LogP contribution in [0.5, 0.6) is 0 Å². The number of nitrogens with zero attached hydrogens (tertiary/aromatic N) is 1. The summed E-state index contributed by atoms with van der Waals surface area (Å²) >= 11 is 0. The van der Waals surface area contributed by atoms with E-state index < -0.39 is 0 Å². The summed E-state index contributed by atoms with van der Waals surface area (Å²) < 4.78 is 18.4. The van der Waals surface area contributed by atoms with Crippen LogP contribution in [0, 0.1) is 11.3 Å². The highest BCUT2D eigenvalue weighted by atomic mass is 16.7. The third-order valence-electron chi connectivity index (χ3n) is 6.15. The molecule has 1 aliphatic carbocycles. The van der Waals surface area contributed by atoms with E-state index in [9.17, 15) is 0 Å². The molecule has 2 saturated heterocycles. The van der Waals surface area contributed by atoms with Gasteiger partial charge < -0.3 is 14.2 Å². The molecule has 3 rings (SSSR count). The molecule has 4 nitrogen and oxygen atoms in total. The van der Waals surface area contributed by atoms with Crippen molar-refractivity contribution < 1.29 is 14.2 Å².